The molecular weight excluding hydrogens is 430 g/mol. The second-order valence-electron chi connectivity index (χ2n) is 7.94. The van der Waals surface area contributed by atoms with E-state index < -0.39 is 4.92 Å². The fourth-order valence-corrected chi connectivity index (χ4v) is 4.00. The highest BCUT2D eigenvalue weighted by molar-refractivity contribution is 6.37. The summed E-state index contributed by atoms with van der Waals surface area (Å²) >= 11 is 0. The van der Waals surface area contributed by atoms with Crippen LogP contribution >= 0.6 is 0 Å². The lowest BCUT2D eigenvalue weighted by molar-refractivity contribution is -0.384. The molecule has 4 aromatic rings. The van der Waals surface area contributed by atoms with Gasteiger partial charge in [-0.15, -0.1) is 0 Å². The lowest BCUT2D eigenvalue weighted by atomic mass is 9.99. The van der Waals surface area contributed by atoms with E-state index in [-0.39, 0.29) is 11.6 Å². The molecule has 1 aliphatic rings. The van der Waals surface area contributed by atoms with Gasteiger partial charge in [0.05, 0.1) is 28.2 Å². The van der Waals surface area contributed by atoms with Crippen molar-refractivity contribution in [1.29, 1.82) is 0 Å². The van der Waals surface area contributed by atoms with Crippen LogP contribution in [0, 0.1) is 10.1 Å². The molecule has 1 aliphatic heterocycles. The van der Waals surface area contributed by atoms with Crippen LogP contribution in [0.15, 0.2) is 85.3 Å². The SMILES string of the molecule is O=C1Nc2ccc([N+](=O)[O-])cc2C1=C(Nc1ccc(CCc2c[nH]cn2)cc1)c1ccccc1. The van der Waals surface area contributed by atoms with Crippen LogP contribution in [0.2, 0.25) is 0 Å². The summed E-state index contributed by atoms with van der Waals surface area (Å²) in [6, 6.07) is 21.9. The summed E-state index contributed by atoms with van der Waals surface area (Å²) in [6.07, 6.45) is 5.26. The van der Waals surface area contributed by atoms with E-state index in [1.165, 1.54) is 17.7 Å². The van der Waals surface area contributed by atoms with Crippen LogP contribution in [-0.4, -0.2) is 20.8 Å². The smallest absolute Gasteiger partial charge is 0.270 e. The summed E-state index contributed by atoms with van der Waals surface area (Å²) in [7, 11) is 0. The lowest BCUT2D eigenvalue weighted by Gasteiger charge is -2.15. The van der Waals surface area contributed by atoms with Gasteiger partial charge in [-0.1, -0.05) is 42.5 Å². The Kier molecular flexibility index (Phi) is 5.61. The molecule has 0 radical (unpaired) electrons. The van der Waals surface area contributed by atoms with Crippen LogP contribution in [-0.2, 0) is 17.6 Å². The van der Waals surface area contributed by atoms with Gasteiger partial charge in [0.15, 0.2) is 0 Å². The second kappa shape index (κ2) is 9.03. The van der Waals surface area contributed by atoms with Crippen molar-refractivity contribution >= 4 is 34.2 Å². The number of aromatic nitrogens is 2. The van der Waals surface area contributed by atoms with Crippen LogP contribution in [0.3, 0.4) is 0 Å². The molecule has 0 spiro atoms. The first-order chi connectivity index (χ1) is 16.6. The number of non-ortho nitro benzene ring substituents is 1. The zero-order valence-corrected chi connectivity index (χ0v) is 18.1. The van der Waals surface area contributed by atoms with Crippen molar-refractivity contribution in [1.82, 2.24) is 9.97 Å². The van der Waals surface area contributed by atoms with Crippen molar-refractivity contribution < 1.29 is 9.72 Å². The van der Waals surface area contributed by atoms with Crippen molar-refractivity contribution in [2.45, 2.75) is 12.8 Å². The largest absolute Gasteiger partial charge is 0.354 e. The number of nitrogens with one attached hydrogen (secondary N) is 3. The zero-order valence-electron chi connectivity index (χ0n) is 18.1. The summed E-state index contributed by atoms with van der Waals surface area (Å²) in [4.78, 5) is 31.1. The Morgan fingerprint density at radius 2 is 1.79 bits per heavy atom. The Morgan fingerprint density at radius 1 is 1.00 bits per heavy atom. The number of nitrogens with zero attached hydrogens (tertiary/aromatic N) is 2. The van der Waals surface area contributed by atoms with Crippen molar-refractivity contribution in [3.05, 3.63) is 118 Å². The quantitative estimate of drug-likeness (QED) is 0.207. The van der Waals surface area contributed by atoms with Crippen LogP contribution in [0.5, 0.6) is 0 Å². The molecule has 3 aromatic carbocycles. The number of aryl methyl sites for hydroxylation is 2. The highest BCUT2D eigenvalue weighted by Gasteiger charge is 2.30. The third kappa shape index (κ3) is 4.29. The van der Waals surface area contributed by atoms with Gasteiger partial charge in [0.2, 0.25) is 0 Å². The van der Waals surface area contributed by atoms with E-state index >= 15 is 0 Å². The van der Waals surface area contributed by atoms with Gasteiger partial charge in [-0.2, -0.15) is 0 Å². The van der Waals surface area contributed by atoms with Crippen LogP contribution < -0.4 is 10.6 Å². The monoisotopic (exact) mass is 451 g/mol. The summed E-state index contributed by atoms with van der Waals surface area (Å²) in [5, 5.41) is 17.5. The van der Waals surface area contributed by atoms with Crippen LogP contribution in [0.4, 0.5) is 17.1 Å². The number of hydrogen-bond acceptors (Lipinski definition) is 5. The van der Waals surface area contributed by atoms with Gasteiger partial charge < -0.3 is 15.6 Å². The number of hydrogen-bond donors (Lipinski definition) is 3. The predicted molar refractivity (Wildman–Crippen MR) is 131 cm³/mol. The Morgan fingerprint density at radius 3 is 2.50 bits per heavy atom. The normalized spacial score (nSPS) is 13.8. The van der Waals surface area contributed by atoms with Crippen LogP contribution in [0.25, 0.3) is 11.3 Å². The average molecular weight is 451 g/mol. The van der Waals surface area contributed by atoms with E-state index in [2.05, 4.69) is 20.6 Å². The van der Waals surface area contributed by atoms with Crippen molar-refractivity contribution in [2.75, 3.05) is 10.6 Å². The minimum absolute atomic E-state index is 0.0681. The molecule has 0 fully saturated rings. The maximum Gasteiger partial charge on any atom is 0.270 e. The molecule has 34 heavy (non-hydrogen) atoms. The van der Waals surface area contributed by atoms with E-state index in [1.54, 1.807) is 12.4 Å². The van der Waals surface area contributed by atoms with Crippen LogP contribution in [0.1, 0.15) is 22.4 Å². The fraction of sp³-hybridized carbons (Fsp3) is 0.0769. The van der Waals surface area contributed by atoms with Gasteiger partial charge in [0.25, 0.3) is 11.6 Å². The average Bonchev–Trinajstić information content (AvgIpc) is 3.49. The molecule has 0 saturated heterocycles. The molecule has 0 saturated carbocycles. The van der Waals surface area contributed by atoms with Crippen molar-refractivity contribution in [2.24, 2.45) is 0 Å². The molecule has 1 aromatic heterocycles. The van der Waals surface area contributed by atoms with Crippen molar-refractivity contribution in [3.8, 4) is 0 Å². The first kappa shape index (κ1) is 21.1. The molecule has 8 heteroatoms. The number of nitro groups is 1. The Labute approximate surface area is 195 Å². The molecule has 8 nitrogen and oxygen atoms in total. The minimum atomic E-state index is -0.460. The molecule has 3 N–H and O–H groups in total. The molecule has 0 bridgehead atoms. The molecule has 2 heterocycles. The number of H-pyrrole nitrogens is 1. The maximum absolute atomic E-state index is 13.0. The van der Waals surface area contributed by atoms with Gasteiger partial charge in [0, 0.05) is 35.3 Å². The standard InChI is InChI=1S/C26H21N5O3/c32-26-24(22-14-21(31(33)34)12-13-23(22)30-26)25(18-4-2-1-3-5-18)29-19-9-6-17(7-10-19)8-11-20-15-27-16-28-20/h1-7,9-10,12-16,29H,8,11H2,(H,27,28)(H,30,32). The number of aromatic amines is 1. The highest BCUT2D eigenvalue weighted by atomic mass is 16.6. The van der Waals surface area contributed by atoms with Crippen molar-refractivity contribution in [3.63, 3.8) is 0 Å². The van der Waals surface area contributed by atoms with Gasteiger partial charge in [0.1, 0.15) is 0 Å². The summed E-state index contributed by atoms with van der Waals surface area (Å²) in [6.45, 7) is 0. The Balaban J connectivity index is 1.50. The van der Waals surface area contributed by atoms with E-state index in [9.17, 15) is 14.9 Å². The van der Waals surface area contributed by atoms with E-state index in [4.69, 9.17) is 0 Å². The van der Waals surface area contributed by atoms with E-state index in [0.29, 0.717) is 22.5 Å². The minimum Gasteiger partial charge on any atom is -0.354 e. The zero-order chi connectivity index (χ0) is 23.5. The van der Waals surface area contributed by atoms with Gasteiger partial charge in [-0.05, 0) is 42.2 Å². The Bertz CT molecular complexity index is 1380. The lowest BCUT2D eigenvalue weighted by Crippen LogP contribution is -2.10. The van der Waals surface area contributed by atoms with Gasteiger partial charge in [-0.25, -0.2) is 4.98 Å². The second-order valence-corrected chi connectivity index (χ2v) is 7.94. The molecule has 168 valence electrons. The third-order valence-electron chi connectivity index (χ3n) is 5.72. The summed E-state index contributed by atoms with van der Waals surface area (Å²) < 4.78 is 0. The molecule has 5 rings (SSSR count). The first-order valence-corrected chi connectivity index (χ1v) is 10.8. The third-order valence-corrected chi connectivity index (χ3v) is 5.72. The number of anilines is 2. The number of amides is 1. The predicted octanol–water partition coefficient (Wildman–Crippen LogP) is 5.04. The molecular formula is C26H21N5O3. The van der Waals surface area contributed by atoms with E-state index in [1.807, 2.05) is 60.8 Å². The number of rotatable bonds is 7. The molecule has 0 atom stereocenters. The number of benzene rings is 3. The number of carbonyl (C=O) groups excluding carboxylic acids is 1. The molecule has 0 unspecified atom stereocenters. The molecule has 1 amide bonds. The van der Waals surface area contributed by atoms with E-state index in [0.717, 1.165) is 29.8 Å². The fourth-order valence-electron chi connectivity index (χ4n) is 4.00. The van der Waals surface area contributed by atoms with Gasteiger partial charge in [-0.3, -0.25) is 14.9 Å². The highest BCUT2D eigenvalue weighted by Crippen LogP contribution is 2.39. The number of carbonyl (C=O) groups is 1. The van der Waals surface area contributed by atoms with Gasteiger partial charge >= 0.3 is 0 Å². The topological polar surface area (TPSA) is 113 Å². The Hall–Kier alpha value is -4.72. The summed E-state index contributed by atoms with van der Waals surface area (Å²) in [5.74, 6) is -0.308. The molecule has 0 aliphatic carbocycles. The maximum atomic E-state index is 13.0. The first-order valence-electron chi connectivity index (χ1n) is 10.8. The summed E-state index contributed by atoms with van der Waals surface area (Å²) in [5.41, 5.74) is 5.72. The number of nitro benzene ring substituents is 1. The number of imidazole rings is 1. The number of fused-ring (bicyclic) bond motifs is 1.